The molecule has 2 aromatic carbocycles. The second kappa shape index (κ2) is 5.87. The van der Waals surface area contributed by atoms with Crippen LogP contribution in [0.15, 0.2) is 48.7 Å². The summed E-state index contributed by atoms with van der Waals surface area (Å²) in [6.07, 6.45) is -2.88. The molecule has 0 aliphatic rings. The summed E-state index contributed by atoms with van der Waals surface area (Å²) in [7, 11) is 1.79. The standard InChI is InChI=1S/C17H12ClF3N2O/c1-23-9-12(11-4-2-3-5-15(11)23)16(24)22-14-8-10(17(19,20)21)6-7-13(14)18/h2-9H,1H3,(H,22,24). The fraction of sp³-hybridized carbons (Fsp3) is 0.118. The van der Waals surface area contributed by atoms with Crippen LogP contribution in [0.25, 0.3) is 10.9 Å². The third kappa shape index (κ3) is 2.97. The molecular weight excluding hydrogens is 341 g/mol. The van der Waals surface area contributed by atoms with Crippen molar-refractivity contribution >= 4 is 34.1 Å². The number of carbonyl (C=O) groups excluding carboxylic acids is 1. The van der Waals surface area contributed by atoms with Crippen LogP contribution in [0.3, 0.4) is 0 Å². The largest absolute Gasteiger partial charge is 0.416 e. The summed E-state index contributed by atoms with van der Waals surface area (Å²) in [6.45, 7) is 0. The van der Waals surface area contributed by atoms with E-state index >= 15 is 0 Å². The average molecular weight is 353 g/mol. The topological polar surface area (TPSA) is 34.0 Å². The number of aryl methyl sites for hydroxylation is 1. The molecule has 24 heavy (non-hydrogen) atoms. The number of rotatable bonds is 2. The molecule has 0 spiro atoms. The molecule has 0 radical (unpaired) electrons. The first kappa shape index (κ1) is 16.4. The molecule has 1 heterocycles. The minimum Gasteiger partial charge on any atom is -0.350 e. The van der Waals surface area contributed by atoms with Crippen LogP contribution in [-0.4, -0.2) is 10.5 Å². The number of anilines is 1. The van der Waals surface area contributed by atoms with Crippen molar-refractivity contribution in [2.45, 2.75) is 6.18 Å². The van der Waals surface area contributed by atoms with E-state index in [2.05, 4.69) is 5.32 Å². The number of halogens is 4. The Morgan fingerprint density at radius 1 is 1.17 bits per heavy atom. The predicted octanol–water partition coefficient (Wildman–Crippen LogP) is 5.10. The molecule has 0 fully saturated rings. The molecule has 0 saturated carbocycles. The summed E-state index contributed by atoms with van der Waals surface area (Å²) in [5, 5.41) is 3.21. The summed E-state index contributed by atoms with van der Waals surface area (Å²) >= 11 is 5.91. The molecule has 0 bridgehead atoms. The van der Waals surface area contributed by atoms with Crippen molar-refractivity contribution in [3.63, 3.8) is 0 Å². The van der Waals surface area contributed by atoms with Gasteiger partial charge in [0.25, 0.3) is 5.91 Å². The van der Waals surface area contributed by atoms with Crippen molar-refractivity contribution in [2.24, 2.45) is 7.05 Å². The first-order valence-electron chi connectivity index (χ1n) is 6.99. The van der Waals surface area contributed by atoms with E-state index in [-0.39, 0.29) is 10.7 Å². The number of carbonyl (C=O) groups is 1. The zero-order valence-corrected chi connectivity index (χ0v) is 13.2. The van der Waals surface area contributed by atoms with Gasteiger partial charge in [-0.1, -0.05) is 29.8 Å². The number of aromatic nitrogens is 1. The number of para-hydroxylation sites is 1. The SMILES string of the molecule is Cn1cc(C(=O)Nc2cc(C(F)(F)F)ccc2Cl)c2ccccc21. The van der Waals surface area contributed by atoms with Gasteiger partial charge in [-0.3, -0.25) is 4.79 Å². The summed E-state index contributed by atoms with van der Waals surface area (Å²) in [5.74, 6) is -0.520. The Labute approximate surface area is 140 Å². The monoisotopic (exact) mass is 352 g/mol. The van der Waals surface area contributed by atoms with E-state index in [1.807, 2.05) is 12.1 Å². The first-order valence-corrected chi connectivity index (χ1v) is 7.37. The Bertz CT molecular complexity index is 931. The van der Waals surface area contributed by atoms with E-state index in [9.17, 15) is 18.0 Å². The Hall–Kier alpha value is -2.47. The molecule has 0 atom stereocenters. The highest BCUT2D eigenvalue weighted by molar-refractivity contribution is 6.34. The van der Waals surface area contributed by atoms with Crippen LogP contribution < -0.4 is 5.32 Å². The molecule has 0 saturated heterocycles. The van der Waals surface area contributed by atoms with Crippen molar-refractivity contribution < 1.29 is 18.0 Å². The van der Waals surface area contributed by atoms with Gasteiger partial charge in [0, 0.05) is 24.1 Å². The first-order chi connectivity index (χ1) is 11.3. The Balaban J connectivity index is 1.98. The lowest BCUT2D eigenvalue weighted by Crippen LogP contribution is -2.13. The quantitative estimate of drug-likeness (QED) is 0.683. The van der Waals surface area contributed by atoms with Crippen LogP contribution in [0.1, 0.15) is 15.9 Å². The molecule has 1 N–H and O–H groups in total. The lowest BCUT2D eigenvalue weighted by molar-refractivity contribution is -0.137. The molecule has 3 aromatic rings. The van der Waals surface area contributed by atoms with Gasteiger partial charge in [0.15, 0.2) is 0 Å². The molecule has 0 unspecified atom stereocenters. The predicted molar refractivity (Wildman–Crippen MR) is 87.3 cm³/mol. The maximum Gasteiger partial charge on any atom is 0.416 e. The fourth-order valence-electron chi connectivity index (χ4n) is 2.51. The number of benzene rings is 2. The van der Waals surface area contributed by atoms with E-state index in [4.69, 9.17) is 11.6 Å². The van der Waals surface area contributed by atoms with Gasteiger partial charge in [0.05, 0.1) is 21.8 Å². The van der Waals surface area contributed by atoms with E-state index in [1.54, 1.807) is 29.9 Å². The summed E-state index contributed by atoms with van der Waals surface area (Å²) < 4.78 is 40.2. The molecule has 1 amide bonds. The van der Waals surface area contributed by atoms with Crippen LogP contribution in [0.5, 0.6) is 0 Å². The van der Waals surface area contributed by atoms with Crippen molar-refractivity contribution in [1.29, 1.82) is 0 Å². The van der Waals surface area contributed by atoms with Crippen LogP contribution in [0.2, 0.25) is 5.02 Å². The zero-order valence-electron chi connectivity index (χ0n) is 12.5. The second-order valence-electron chi connectivity index (χ2n) is 5.32. The summed E-state index contributed by atoms with van der Waals surface area (Å²) in [5.41, 5.74) is 0.254. The van der Waals surface area contributed by atoms with E-state index in [0.717, 1.165) is 23.7 Å². The van der Waals surface area contributed by atoms with Gasteiger partial charge in [0.2, 0.25) is 0 Å². The van der Waals surface area contributed by atoms with Crippen LogP contribution in [0.4, 0.5) is 18.9 Å². The smallest absolute Gasteiger partial charge is 0.350 e. The highest BCUT2D eigenvalue weighted by Crippen LogP contribution is 2.34. The van der Waals surface area contributed by atoms with Gasteiger partial charge in [0.1, 0.15) is 0 Å². The molecule has 7 heteroatoms. The normalized spacial score (nSPS) is 11.7. The molecular formula is C17H12ClF3N2O. The van der Waals surface area contributed by atoms with Crippen LogP contribution >= 0.6 is 11.6 Å². The molecule has 0 aliphatic carbocycles. The van der Waals surface area contributed by atoms with Gasteiger partial charge in [-0.15, -0.1) is 0 Å². The number of fused-ring (bicyclic) bond motifs is 1. The zero-order chi connectivity index (χ0) is 17.5. The van der Waals surface area contributed by atoms with Crippen LogP contribution in [0, 0.1) is 0 Å². The van der Waals surface area contributed by atoms with Gasteiger partial charge in [-0.2, -0.15) is 13.2 Å². The molecule has 124 valence electrons. The number of amides is 1. The molecule has 0 aliphatic heterocycles. The lowest BCUT2D eigenvalue weighted by atomic mass is 10.1. The van der Waals surface area contributed by atoms with E-state index in [0.29, 0.717) is 10.9 Å². The number of alkyl halides is 3. The minimum atomic E-state index is -4.51. The lowest BCUT2D eigenvalue weighted by Gasteiger charge is -2.11. The van der Waals surface area contributed by atoms with Gasteiger partial charge < -0.3 is 9.88 Å². The van der Waals surface area contributed by atoms with Gasteiger partial charge >= 0.3 is 6.18 Å². The van der Waals surface area contributed by atoms with Gasteiger partial charge in [-0.25, -0.2) is 0 Å². The number of nitrogens with one attached hydrogen (secondary N) is 1. The second-order valence-corrected chi connectivity index (χ2v) is 5.72. The van der Waals surface area contributed by atoms with E-state index in [1.165, 1.54) is 0 Å². The Morgan fingerprint density at radius 3 is 2.58 bits per heavy atom. The Kier molecular flexibility index (Phi) is 4.01. The van der Waals surface area contributed by atoms with Crippen molar-refractivity contribution in [3.05, 3.63) is 64.8 Å². The summed E-state index contributed by atoms with van der Waals surface area (Å²) in [6, 6.07) is 10.1. The highest BCUT2D eigenvalue weighted by atomic mass is 35.5. The molecule has 3 nitrogen and oxygen atoms in total. The Morgan fingerprint density at radius 2 is 1.88 bits per heavy atom. The van der Waals surface area contributed by atoms with Crippen molar-refractivity contribution in [1.82, 2.24) is 4.57 Å². The fourth-order valence-corrected chi connectivity index (χ4v) is 2.67. The summed E-state index contributed by atoms with van der Waals surface area (Å²) in [4.78, 5) is 12.5. The van der Waals surface area contributed by atoms with Gasteiger partial charge in [-0.05, 0) is 24.3 Å². The van der Waals surface area contributed by atoms with Crippen molar-refractivity contribution in [3.8, 4) is 0 Å². The third-order valence-corrected chi connectivity index (χ3v) is 4.01. The maximum atomic E-state index is 12.8. The van der Waals surface area contributed by atoms with Crippen LogP contribution in [-0.2, 0) is 13.2 Å². The number of nitrogens with zero attached hydrogens (tertiary/aromatic N) is 1. The number of hydrogen-bond donors (Lipinski definition) is 1. The number of hydrogen-bond acceptors (Lipinski definition) is 1. The minimum absolute atomic E-state index is 0.0385. The molecule has 1 aromatic heterocycles. The van der Waals surface area contributed by atoms with E-state index < -0.39 is 17.6 Å². The van der Waals surface area contributed by atoms with Crippen molar-refractivity contribution in [2.75, 3.05) is 5.32 Å². The third-order valence-electron chi connectivity index (χ3n) is 3.68. The molecule has 3 rings (SSSR count). The average Bonchev–Trinajstić information content (AvgIpc) is 2.86. The maximum absolute atomic E-state index is 12.8. The highest BCUT2D eigenvalue weighted by Gasteiger charge is 2.31.